The Labute approximate surface area is 127 Å². The fourth-order valence-corrected chi connectivity index (χ4v) is 2.96. The van der Waals surface area contributed by atoms with Crippen molar-refractivity contribution >= 4 is 0 Å². The highest BCUT2D eigenvalue weighted by Gasteiger charge is 2.21. The summed E-state index contributed by atoms with van der Waals surface area (Å²) in [5, 5.41) is 3.60. The highest BCUT2D eigenvalue weighted by molar-refractivity contribution is 5.15. The molecule has 1 aromatic carbocycles. The van der Waals surface area contributed by atoms with Crippen LogP contribution in [0.25, 0.3) is 0 Å². The van der Waals surface area contributed by atoms with Gasteiger partial charge in [-0.05, 0) is 44.0 Å². The summed E-state index contributed by atoms with van der Waals surface area (Å²) >= 11 is 0. The number of nitrogens with one attached hydrogen (secondary N) is 1. The standard InChI is InChI=1S/C18H24N2O/c1-15-7-8-18(21-15)13-19-17-10-12-20(14-17)11-9-16-5-3-2-4-6-16/h2-8,17,19H,9-14H2,1H3. The van der Waals surface area contributed by atoms with Crippen LogP contribution in [0.4, 0.5) is 0 Å². The number of hydrogen-bond donors (Lipinski definition) is 1. The van der Waals surface area contributed by atoms with Crippen LogP contribution in [-0.2, 0) is 13.0 Å². The van der Waals surface area contributed by atoms with E-state index in [4.69, 9.17) is 4.42 Å². The summed E-state index contributed by atoms with van der Waals surface area (Å²) in [5.74, 6) is 2.03. The number of rotatable bonds is 6. The zero-order valence-electron chi connectivity index (χ0n) is 12.7. The predicted molar refractivity (Wildman–Crippen MR) is 85.3 cm³/mol. The van der Waals surface area contributed by atoms with E-state index in [-0.39, 0.29) is 0 Å². The lowest BCUT2D eigenvalue weighted by Gasteiger charge is -2.16. The Bertz CT molecular complexity index is 549. The van der Waals surface area contributed by atoms with Crippen molar-refractivity contribution in [2.45, 2.75) is 32.4 Å². The van der Waals surface area contributed by atoms with Crippen LogP contribution in [0.3, 0.4) is 0 Å². The highest BCUT2D eigenvalue weighted by Crippen LogP contribution is 2.12. The van der Waals surface area contributed by atoms with Crippen molar-refractivity contribution < 1.29 is 4.42 Å². The lowest BCUT2D eigenvalue weighted by molar-refractivity contribution is 0.329. The molecule has 0 aliphatic carbocycles. The minimum atomic E-state index is 0.589. The van der Waals surface area contributed by atoms with E-state index in [2.05, 4.69) is 46.6 Å². The van der Waals surface area contributed by atoms with E-state index >= 15 is 0 Å². The Kier molecular flexibility index (Phi) is 4.73. The molecule has 21 heavy (non-hydrogen) atoms. The second kappa shape index (κ2) is 6.92. The van der Waals surface area contributed by atoms with Gasteiger partial charge >= 0.3 is 0 Å². The Morgan fingerprint density at radius 2 is 2.05 bits per heavy atom. The van der Waals surface area contributed by atoms with Gasteiger partial charge in [0.05, 0.1) is 6.54 Å². The molecule has 0 bridgehead atoms. The number of aryl methyl sites for hydroxylation is 1. The maximum absolute atomic E-state index is 5.60. The molecule has 1 aromatic heterocycles. The fraction of sp³-hybridized carbons (Fsp3) is 0.444. The van der Waals surface area contributed by atoms with Gasteiger partial charge < -0.3 is 14.6 Å². The summed E-state index contributed by atoms with van der Waals surface area (Å²) < 4.78 is 5.60. The van der Waals surface area contributed by atoms with E-state index in [1.165, 1.54) is 18.5 Å². The van der Waals surface area contributed by atoms with Crippen molar-refractivity contribution in [3.63, 3.8) is 0 Å². The third kappa shape index (κ3) is 4.19. The first-order valence-corrected chi connectivity index (χ1v) is 7.84. The van der Waals surface area contributed by atoms with Crippen LogP contribution in [0.5, 0.6) is 0 Å². The van der Waals surface area contributed by atoms with Crippen LogP contribution < -0.4 is 5.32 Å². The van der Waals surface area contributed by atoms with Crippen molar-refractivity contribution in [3.8, 4) is 0 Å². The molecule has 1 atom stereocenters. The summed E-state index contributed by atoms with van der Waals surface area (Å²) in [4.78, 5) is 2.55. The molecule has 1 N–H and O–H groups in total. The second-order valence-corrected chi connectivity index (χ2v) is 5.92. The van der Waals surface area contributed by atoms with Gasteiger partial charge in [0.15, 0.2) is 0 Å². The van der Waals surface area contributed by atoms with Crippen molar-refractivity contribution in [1.82, 2.24) is 10.2 Å². The van der Waals surface area contributed by atoms with Gasteiger partial charge in [0.25, 0.3) is 0 Å². The largest absolute Gasteiger partial charge is 0.465 e. The molecular weight excluding hydrogens is 260 g/mol. The average molecular weight is 284 g/mol. The molecule has 3 rings (SSSR count). The molecule has 0 spiro atoms. The maximum atomic E-state index is 5.60. The molecule has 1 unspecified atom stereocenters. The maximum Gasteiger partial charge on any atom is 0.117 e. The van der Waals surface area contributed by atoms with Gasteiger partial charge in [-0.3, -0.25) is 0 Å². The Hall–Kier alpha value is -1.58. The van der Waals surface area contributed by atoms with Crippen LogP contribution >= 0.6 is 0 Å². The van der Waals surface area contributed by atoms with Crippen molar-refractivity contribution in [2.24, 2.45) is 0 Å². The first-order valence-electron chi connectivity index (χ1n) is 7.84. The third-order valence-electron chi connectivity index (χ3n) is 4.19. The molecule has 3 heteroatoms. The molecule has 1 saturated heterocycles. The van der Waals surface area contributed by atoms with E-state index in [1.54, 1.807) is 0 Å². The molecule has 3 nitrogen and oxygen atoms in total. The number of furan rings is 1. The zero-order valence-corrected chi connectivity index (χ0v) is 12.7. The summed E-state index contributed by atoms with van der Waals surface area (Å²) in [6.07, 6.45) is 2.37. The lowest BCUT2D eigenvalue weighted by atomic mass is 10.1. The minimum Gasteiger partial charge on any atom is -0.465 e. The summed E-state index contributed by atoms with van der Waals surface area (Å²) in [6, 6.07) is 15.4. The molecule has 1 fully saturated rings. The Morgan fingerprint density at radius 3 is 2.81 bits per heavy atom. The minimum absolute atomic E-state index is 0.589. The van der Waals surface area contributed by atoms with E-state index in [0.717, 1.165) is 37.6 Å². The van der Waals surface area contributed by atoms with Crippen molar-refractivity contribution in [1.29, 1.82) is 0 Å². The van der Waals surface area contributed by atoms with Gasteiger partial charge in [-0.1, -0.05) is 30.3 Å². The summed E-state index contributed by atoms with van der Waals surface area (Å²) in [7, 11) is 0. The topological polar surface area (TPSA) is 28.4 Å². The number of nitrogens with zero attached hydrogens (tertiary/aromatic N) is 1. The second-order valence-electron chi connectivity index (χ2n) is 5.92. The normalized spacial score (nSPS) is 19.2. The third-order valence-corrected chi connectivity index (χ3v) is 4.19. The van der Waals surface area contributed by atoms with E-state index in [0.29, 0.717) is 6.04 Å². The highest BCUT2D eigenvalue weighted by atomic mass is 16.3. The first kappa shape index (κ1) is 14.4. The smallest absolute Gasteiger partial charge is 0.117 e. The van der Waals surface area contributed by atoms with E-state index < -0.39 is 0 Å². The Morgan fingerprint density at radius 1 is 1.19 bits per heavy atom. The Balaban J connectivity index is 1.39. The van der Waals surface area contributed by atoms with Gasteiger partial charge in [-0.15, -0.1) is 0 Å². The van der Waals surface area contributed by atoms with E-state index in [1.807, 2.05) is 13.0 Å². The quantitative estimate of drug-likeness (QED) is 0.884. The molecule has 1 aliphatic heterocycles. The van der Waals surface area contributed by atoms with Crippen LogP contribution in [0, 0.1) is 6.92 Å². The number of hydrogen-bond acceptors (Lipinski definition) is 3. The zero-order chi connectivity index (χ0) is 14.5. The first-order chi connectivity index (χ1) is 10.3. The van der Waals surface area contributed by atoms with Crippen LogP contribution in [0.2, 0.25) is 0 Å². The summed E-state index contributed by atoms with van der Waals surface area (Å²) in [6.45, 7) is 6.33. The fourth-order valence-electron chi connectivity index (χ4n) is 2.96. The summed E-state index contributed by atoms with van der Waals surface area (Å²) in [5.41, 5.74) is 1.43. The molecule has 112 valence electrons. The van der Waals surface area contributed by atoms with Gasteiger partial charge in [-0.25, -0.2) is 0 Å². The molecule has 1 aliphatic rings. The molecular formula is C18H24N2O. The van der Waals surface area contributed by atoms with Gasteiger partial charge in [0.1, 0.15) is 11.5 Å². The van der Waals surface area contributed by atoms with Gasteiger partial charge in [-0.2, -0.15) is 0 Å². The average Bonchev–Trinajstić information content (AvgIpc) is 3.13. The molecule has 0 amide bonds. The number of benzene rings is 1. The van der Waals surface area contributed by atoms with Crippen molar-refractivity contribution in [2.75, 3.05) is 19.6 Å². The molecule has 0 radical (unpaired) electrons. The van der Waals surface area contributed by atoms with Crippen molar-refractivity contribution in [3.05, 3.63) is 59.5 Å². The molecule has 0 saturated carbocycles. The molecule has 2 heterocycles. The molecule has 2 aromatic rings. The van der Waals surface area contributed by atoms with Crippen LogP contribution in [0.15, 0.2) is 46.9 Å². The lowest BCUT2D eigenvalue weighted by Crippen LogP contribution is -2.32. The van der Waals surface area contributed by atoms with Crippen LogP contribution in [0.1, 0.15) is 23.5 Å². The number of likely N-dealkylation sites (tertiary alicyclic amines) is 1. The van der Waals surface area contributed by atoms with Gasteiger partial charge in [0, 0.05) is 19.1 Å². The van der Waals surface area contributed by atoms with Crippen LogP contribution in [-0.4, -0.2) is 30.6 Å². The van der Waals surface area contributed by atoms with Gasteiger partial charge in [0.2, 0.25) is 0 Å². The SMILES string of the molecule is Cc1ccc(CNC2CCN(CCc3ccccc3)C2)o1. The monoisotopic (exact) mass is 284 g/mol. The van der Waals surface area contributed by atoms with E-state index in [9.17, 15) is 0 Å². The predicted octanol–water partition coefficient (Wildman–Crippen LogP) is 2.99.